The second-order valence-electron chi connectivity index (χ2n) is 3.56. The van der Waals surface area contributed by atoms with E-state index in [1.165, 1.54) is 6.92 Å². The van der Waals surface area contributed by atoms with E-state index in [2.05, 4.69) is 26.2 Å². The van der Waals surface area contributed by atoms with Gasteiger partial charge < -0.3 is 4.84 Å². The molecule has 0 saturated heterocycles. The standard InChI is InChI=1S/C7H5N.C6H10BrNO3/c8-6-7-4-2-1-3-5-7;1-4(9)3-6(10)11-8-5(2)7/h1-5H;5,8H,3H2,1-2H3. The summed E-state index contributed by atoms with van der Waals surface area (Å²) in [7, 11) is 0. The Labute approximate surface area is 120 Å². The molecule has 0 bridgehead atoms. The number of Topliss-reactive ketones (excluding diaryl/α,β-unsaturated/α-hetero) is 1. The van der Waals surface area contributed by atoms with Crippen molar-refractivity contribution in [2.75, 3.05) is 0 Å². The highest BCUT2D eigenvalue weighted by molar-refractivity contribution is 9.09. The molecule has 19 heavy (non-hydrogen) atoms. The van der Waals surface area contributed by atoms with Gasteiger partial charge in [0.05, 0.1) is 16.6 Å². The van der Waals surface area contributed by atoms with Crippen LogP contribution in [0, 0.1) is 11.3 Å². The van der Waals surface area contributed by atoms with Crippen molar-refractivity contribution in [3.63, 3.8) is 0 Å². The molecule has 1 aromatic carbocycles. The molecular weight excluding hydrogens is 312 g/mol. The van der Waals surface area contributed by atoms with E-state index in [9.17, 15) is 9.59 Å². The third kappa shape index (κ3) is 11.1. The van der Waals surface area contributed by atoms with E-state index >= 15 is 0 Å². The molecule has 1 rings (SSSR count). The zero-order valence-corrected chi connectivity index (χ0v) is 12.3. The largest absolute Gasteiger partial charge is 0.369 e. The van der Waals surface area contributed by atoms with Gasteiger partial charge in [-0.25, -0.2) is 4.79 Å². The maximum absolute atomic E-state index is 10.6. The first-order chi connectivity index (χ1) is 8.95. The summed E-state index contributed by atoms with van der Waals surface area (Å²) in [6.45, 7) is 3.08. The average Bonchev–Trinajstić information content (AvgIpc) is 2.37. The molecule has 5 nitrogen and oxygen atoms in total. The van der Waals surface area contributed by atoms with E-state index in [1.807, 2.05) is 24.3 Å². The Morgan fingerprint density at radius 2 is 2.00 bits per heavy atom. The fraction of sp³-hybridized carbons (Fsp3) is 0.308. The summed E-state index contributed by atoms with van der Waals surface area (Å²) in [6, 6.07) is 11.2. The Hall–Kier alpha value is -1.71. The summed E-state index contributed by atoms with van der Waals surface area (Å²) in [5.41, 5.74) is 3.08. The minimum Gasteiger partial charge on any atom is -0.369 e. The molecule has 0 amide bonds. The first-order valence-electron chi connectivity index (χ1n) is 5.49. The molecule has 1 unspecified atom stereocenters. The molecule has 0 radical (unpaired) electrons. The number of hydrogen-bond acceptors (Lipinski definition) is 5. The van der Waals surface area contributed by atoms with Crippen molar-refractivity contribution in [3.8, 4) is 6.07 Å². The van der Waals surface area contributed by atoms with Gasteiger partial charge in [0.1, 0.15) is 12.2 Å². The van der Waals surface area contributed by atoms with Gasteiger partial charge >= 0.3 is 5.97 Å². The van der Waals surface area contributed by atoms with Crippen molar-refractivity contribution in [1.82, 2.24) is 5.48 Å². The molecule has 0 fully saturated rings. The highest BCUT2D eigenvalue weighted by atomic mass is 79.9. The average molecular weight is 327 g/mol. The number of alkyl halides is 1. The van der Waals surface area contributed by atoms with Crippen molar-refractivity contribution in [1.29, 1.82) is 5.26 Å². The molecule has 102 valence electrons. The molecular formula is C13H15BrN2O3. The number of carbonyl (C=O) groups excluding carboxylic acids is 2. The highest BCUT2D eigenvalue weighted by Crippen LogP contribution is 1.93. The van der Waals surface area contributed by atoms with Gasteiger partial charge in [-0.15, -0.1) is 5.48 Å². The number of nitriles is 1. The summed E-state index contributed by atoms with van der Waals surface area (Å²) in [6.07, 6.45) is -0.188. The van der Waals surface area contributed by atoms with Crippen molar-refractivity contribution >= 4 is 27.7 Å². The summed E-state index contributed by atoms with van der Waals surface area (Å²) in [4.78, 5) is 25.3. The minimum absolute atomic E-state index is 0.113. The predicted molar refractivity (Wildman–Crippen MR) is 74.1 cm³/mol. The van der Waals surface area contributed by atoms with Gasteiger partial charge in [-0.3, -0.25) is 4.79 Å². The predicted octanol–water partition coefficient (Wildman–Crippen LogP) is 2.31. The third-order valence-corrected chi connectivity index (χ3v) is 1.82. The van der Waals surface area contributed by atoms with E-state index in [0.717, 1.165) is 0 Å². The van der Waals surface area contributed by atoms with Crippen molar-refractivity contribution in [3.05, 3.63) is 35.9 Å². The molecule has 0 saturated carbocycles. The second kappa shape index (κ2) is 10.2. The van der Waals surface area contributed by atoms with Crippen molar-refractivity contribution in [2.24, 2.45) is 0 Å². The van der Waals surface area contributed by atoms with Gasteiger partial charge in [-0.1, -0.05) is 34.1 Å². The van der Waals surface area contributed by atoms with E-state index in [1.54, 1.807) is 19.1 Å². The molecule has 1 atom stereocenters. The maximum atomic E-state index is 10.6. The Bertz CT molecular complexity index is 441. The molecule has 0 aliphatic heterocycles. The number of nitrogens with zero attached hydrogens (tertiary/aromatic N) is 1. The Morgan fingerprint density at radius 1 is 1.42 bits per heavy atom. The topological polar surface area (TPSA) is 79.2 Å². The zero-order valence-electron chi connectivity index (χ0n) is 10.7. The van der Waals surface area contributed by atoms with Crippen molar-refractivity contribution < 1.29 is 14.4 Å². The number of ketones is 1. The monoisotopic (exact) mass is 326 g/mol. The van der Waals surface area contributed by atoms with Gasteiger partial charge in [0, 0.05) is 0 Å². The van der Waals surface area contributed by atoms with Crippen LogP contribution < -0.4 is 5.48 Å². The lowest BCUT2D eigenvalue weighted by Crippen LogP contribution is -2.25. The SMILES string of the molecule is CC(=O)CC(=O)ONC(C)Br.N#Cc1ccccc1. The molecule has 0 aliphatic carbocycles. The van der Waals surface area contributed by atoms with Gasteiger partial charge in [0.25, 0.3) is 0 Å². The molecule has 0 heterocycles. The molecule has 0 aliphatic rings. The molecule has 1 N–H and O–H groups in total. The minimum atomic E-state index is -0.566. The van der Waals surface area contributed by atoms with E-state index in [0.29, 0.717) is 5.56 Å². The number of nitrogens with one attached hydrogen (secondary N) is 1. The molecule has 0 aromatic heterocycles. The van der Waals surface area contributed by atoms with E-state index < -0.39 is 5.97 Å². The van der Waals surface area contributed by atoms with Crippen molar-refractivity contribution in [2.45, 2.75) is 25.2 Å². The number of hydrogen-bond donors (Lipinski definition) is 1. The summed E-state index contributed by atoms with van der Waals surface area (Å²) in [5.74, 6) is -0.775. The third-order valence-electron chi connectivity index (χ3n) is 1.63. The lowest BCUT2D eigenvalue weighted by molar-refractivity contribution is -0.152. The first kappa shape index (κ1) is 17.3. The summed E-state index contributed by atoms with van der Waals surface area (Å²) in [5, 5.41) is 8.29. The van der Waals surface area contributed by atoms with Crippen LogP contribution in [0.3, 0.4) is 0 Å². The van der Waals surface area contributed by atoms with Gasteiger partial charge in [0.15, 0.2) is 0 Å². The number of hydroxylamine groups is 1. The van der Waals surface area contributed by atoms with E-state index in [4.69, 9.17) is 5.26 Å². The van der Waals surface area contributed by atoms with Gasteiger partial charge in [0.2, 0.25) is 0 Å². The van der Waals surface area contributed by atoms with Crippen LogP contribution in [-0.4, -0.2) is 16.7 Å². The van der Waals surface area contributed by atoms with Crippen LogP contribution in [0.15, 0.2) is 30.3 Å². The fourth-order valence-corrected chi connectivity index (χ4v) is 0.992. The van der Waals surface area contributed by atoms with Gasteiger partial charge in [-0.2, -0.15) is 5.26 Å². The molecule has 0 spiro atoms. The summed E-state index contributed by atoms with van der Waals surface area (Å²) < 4.78 is 0. The van der Waals surface area contributed by atoms with Crippen LogP contribution in [-0.2, 0) is 14.4 Å². The van der Waals surface area contributed by atoms with Gasteiger partial charge in [-0.05, 0) is 26.0 Å². The summed E-state index contributed by atoms with van der Waals surface area (Å²) >= 11 is 3.10. The lowest BCUT2D eigenvalue weighted by Gasteiger charge is -2.05. The van der Waals surface area contributed by atoms with Crippen LogP contribution in [0.1, 0.15) is 25.8 Å². The maximum Gasteiger partial charge on any atom is 0.332 e. The Balaban J connectivity index is 0.000000356. The number of benzene rings is 1. The zero-order chi connectivity index (χ0) is 14.7. The van der Waals surface area contributed by atoms with Crippen LogP contribution >= 0.6 is 15.9 Å². The van der Waals surface area contributed by atoms with Crippen LogP contribution in [0.5, 0.6) is 0 Å². The smallest absolute Gasteiger partial charge is 0.332 e. The molecule has 1 aromatic rings. The molecule has 6 heteroatoms. The Morgan fingerprint density at radius 3 is 2.37 bits per heavy atom. The van der Waals surface area contributed by atoms with Crippen LogP contribution in [0.4, 0.5) is 0 Å². The lowest BCUT2D eigenvalue weighted by atomic mass is 10.2. The number of rotatable bonds is 4. The fourth-order valence-electron chi connectivity index (χ4n) is 0.899. The van der Waals surface area contributed by atoms with E-state index in [-0.39, 0.29) is 17.2 Å². The first-order valence-corrected chi connectivity index (χ1v) is 6.41. The van der Waals surface area contributed by atoms with Crippen LogP contribution in [0.2, 0.25) is 0 Å². The highest BCUT2D eigenvalue weighted by Gasteiger charge is 2.06. The second-order valence-corrected chi connectivity index (χ2v) is 4.94. The quantitative estimate of drug-likeness (QED) is 0.397. The number of carbonyl (C=O) groups is 2. The number of halogens is 1. The van der Waals surface area contributed by atoms with Crippen LogP contribution in [0.25, 0.3) is 0 Å². The normalized spacial score (nSPS) is 10.4. The Kier molecular flexibility index (Phi) is 9.31.